The summed E-state index contributed by atoms with van der Waals surface area (Å²) in [6.07, 6.45) is -0.208. The fourth-order valence-electron chi connectivity index (χ4n) is 2.26. The van der Waals surface area contributed by atoms with Crippen LogP contribution >= 0.6 is 0 Å². The summed E-state index contributed by atoms with van der Waals surface area (Å²) in [5.74, 6) is 0.228. The Hall–Kier alpha value is -2.45. The van der Waals surface area contributed by atoms with Crippen molar-refractivity contribution in [2.75, 3.05) is 17.2 Å². The highest BCUT2D eigenvalue weighted by Crippen LogP contribution is 2.25. The number of fused-ring (bicyclic) bond motifs is 1. The van der Waals surface area contributed by atoms with Crippen molar-refractivity contribution in [3.05, 3.63) is 23.7 Å². The zero-order valence-corrected chi connectivity index (χ0v) is 11.3. The van der Waals surface area contributed by atoms with Crippen LogP contribution in [0.15, 0.2) is 12.3 Å². The minimum Gasteiger partial charge on any atom is -0.368 e. The molecular formula is C12H14F2N6O. The summed E-state index contributed by atoms with van der Waals surface area (Å²) in [6, 6.07) is 1.09. The average molecular weight is 296 g/mol. The molecule has 2 aromatic heterocycles. The standard InChI is InChI=1S/C12H14F2N6O/c1-19-9(5-7(18-19)10(13)14)12(21)17-8-6-16-20-4-2-3-15-11(8)20/h5-6,10,15H,2-4H2,1H3,(H,17,21). The van der Waals surface area contributed by atoms with Crippen LogP contribution in [0.25, 0.3) is 0 Å². The van der Waals surface area contributed by atoms with Crippen LogP contribution < -0.4 is 10.6 Å². The fraction of sp³-hybridized carbons (Fsp3) is 0.417. The molecule has 3 rings (SSSR count). The molecule has 0 fully saturated rings. The molecule has 21 heavy (non-hydrogen) atoms. The number of hydrogen-bond acceptors (Lipinski definition) is 4. The van der Waals surface area contributed by atoms with Gasteiger partial charge < -0.3 is 10.6 Å². The Morgan fingerprint density at radius 2 is 2.33 bits per heavy atom. The molecule has 7 nitrogen and oxygen atoms in total. The van der Waals surface area contributed by atoms with E-state index in [1.165, 1.54) is 13.2 Å². The second kappa shape index (κ2) is 5.15. The van der Waals surface area contributed by atoms with Crippen molar-refractivity contribution in [3.8, 4) is 0 Å². The van der Waals surface area contributed by atoms with Crippen LogP contribution in [-0.4, -0.2) is 32.0 Å². The predicted octanol–water partition coefficient (Wildman–Crippen LogP) is 1.62. The van der Waals surface area contributed by atoms with Crippen LogP contribution in [0.2, 0.25) is 0 Å². The molecule has 2 aromatic rings. The second-order valence-corrected chi connectivity index (χ2v) is 4.74. The van der Waals surface area contributed by atoms with Gasteiger partial charge in [0.2, 0.25) is 0 Å². The minimum atomic E-state index is -2.71. The largest absolute Gasteiger partial charge is 0.368 e. The van der Waals surface area contributed by atoms with E-state index in [1.54, 1.807) is 4.68 Å². The van der Waals surface area contributed by atoms with E-state index in [2.05, 4.69) is 20.8 Å². The van der Waals surface area contributed by atoms with Crippen LogP contribution in [0, 0.1) is 0 Å². The highest BCUT2D eigenvalue weighted by molar-refractivity contribution is 6.04. The molecule has 2 N–H and O–H groups in total. The Labute approximate surface area is 118 Å². The minimum absolute atomic E-state index is 0.0704. The number of aryl methyl sites for hydroxylation is 2. The number of rotatable bonds is 3. The van der Waals surface area contributed by atoms with E-state index in [0.717, 1.165) is 36.1 Å². The van der Waals surface area contributed by atoms with Crippen LogP contribution in [0.5, 0.6) is 0 Å². The zero-order chi connectivity index (χ0) is 15.0. The van der Waals surface area contributed by atoms with E-state index in [4.69, 9.17) is 0 Å². The zero-order valence-electron chi connectivity index (χ0n) is 11.3. The fourth-order valence-corrected chi connectivity index (χ4v) is 2.26. The molecule has 0 saturated carbocycles. The summed E-state index contributed by atoms with van der Waals surface area (Å²) in [7, 11) is 1.45. The lowest BCUT2D eigenvalue weighted by atomic mass is 10.3. The van der Waals surface area contributed by atoms with Gasteiger partial charge in [0.25, 0.3) is 12.3 Å². The first-order valence-corrected chi connectivity index (χ1v) is 6.49. The Morgan fingerprint density at radius 1 is 1.52 bits per heavy atom. The van der Waals surface area contributed by atoms with Crippen molar-refractivity contribution in [2.24, 2.45) is 7.05 Å². The lowest BCUT2D eigenvalue weighted by molar-refractivity contribution is 0.101. The molecule has 9 heteroatoms. The number of amides is 1. The van der Waals surface area contributed by atoms with Crippen molar-refractivity contribution in [2.45, 2.75) is 19.4 Å². The quantitative estimate of drug-likeness (QED) is 0.902. The van der Waals surface area contributed by atoms with E-state index in [1.807, 2.05) is 0 Å². The summed E-state index contributed by atoms with van der Waals surface area (Å²) in [5.41, 5.74) is 0.179. The molecule has 0 aliphatic carbocycles. The monoisotopic (exact) mass is 296 g/mol. The lowest BCUT2D eigenvalue weighted by Gasteiger charge is -2.17. The normalized spacial score (nSPS) is 13.9. The van der Waals surface area contributed by atoms with Gasteiger partial charge in [-0.1, -0.05) is 0 Å². The third-order valence-electron chi connectivity index (χ3n) is 3.28. The molecule has 112 valence electrons. The second-order valence-electron chi connectivity index (χ2n) is 4.74. The Balaban J connectivity index is 1.82. The highest BCUT2D eigenvalue weighted by Gasteiger charge is 2.21. The van der Waals surface area contributed by atoms with E-state index < -0.39 is 18.0 Å². The van der Waals surface area contributed by atoms with Gasteiger partial charge in [0.1, 0.15) is 22.9 Å². The molecular weight excluding hydrogens is 282 g/mol. The first-order valence-electron chi connectivity index (χ1n) is 6.49. The van der Waals surface area contributed by atoms with Crippen molar-refractivity contribution in [1.82, 2.24) is 19.6 Å². The van der Waals surface area contributed by atoms with E-state index in [-0.39, 0.29) is 5.69 Å². The Bertz CT molecular complexity index is 677. The SMILES string of the molecule is Cn1nc(C(F)F)cc1C(=O)Nc1cnn2c1NCCC2. The highest BCUT2D eigenvalue weighted by atomic mass is 19.3. The van der Waals surface area contributed by atoms with Crippen molar-refractivity contribution < 1.29 is 13.6 Å². The smallest absolute Gasteiger partial charge is 0.282 e. The molecule has 0 saturated heterocycles. The first-order chi connectivity index (χ1) is 10.1. The number of halogens is 2. The van der Waals surface area contributed by atoms with E-state index in [9.17, 15) is 13.6 Å². The van der Waals surface area contributed by atoms with Gasteiger partial charge in [0, 0.05) is 20.1 Å². The topological polar surface area (TPSA) is 76.8 Å². The molecule has 0 spiro atoms. The van der Waals surface area contributed by atoms with Crippen molar-refractivity contribution >= 4 is 17.4 Å². The van der Waals surface area contributed by atoms with Gasteiger partial charge in [-0.25, -0.2) is 13.5 Å². The predicted molar refractivity (Wildman–Crippen MR) is 71.5 cm³/mol. The molecule has 1 aliphatic rings. The maximum atomic E-state index is 12.6. The third kappa shape index (κ3) is 2.46. The van der Waals surface area contributed by atoms with Crippen LogP contribution in [0.3, 0.4) is 0 Å². The van der Waals surface area contributed by atoms with Gasteiger partial charge >= 0.3 is 0 Å². The van der Waals surface area contributed by atoms with Crippen LogP contribution in [-0.2, 0) is 13.6 Å². The first kappa shape index (κ1) is 13.5. The van der Waals surface area contributed by atoms with Gasteiger partial charge in [-0.2, -0.15) is 10.2 Å². The molecule has 0 atom stereocenters. The lowest BCUT2D eigenvalue weighted by Crippen LogP contribution is -2.20. The number of nitrogens with zero attached hydrogens (tertiary/aromatic N) is 4. The number of carbonyl (C=O) groups is 1. The van der Waals surface area contributed by atoms with Crippen LogP contribution in [0.4, 0.5) is 20.3 Å². The van der Waals surface area contributed by atoms with E-state index in [0.29, 0.717) is 5.69 Å². The Morgan fingerprint density at radius 3 is 3.05 bits per heavy atom. The Kier molecular flexibility index (Phi) is 3.32. The maximum Gasteiger partial charge on any atom is 0.282 e. The molecule has 3 heterocycles. The average Bonchev–Trinajstić information content (AvgIpc) is 3.03. The number of hydrogen-bond donors (Lipinski definition) is 2. The number of anilines is 2. The molecule has 1 amide bonds. The summed E-state index contributed by atoms with van der Waals surface area (Å²) in [6.45, 7) is 1.58. The van der Waals surface area contributed by atoms with Gasteiger partial charge in [-0.15, -0.1) is 0 Å². The summed E-state index contributed by atoms with van der Waals surface area (Å²) < 4.78 is 28.1. The number of nitrogens with one attached hydrogen (secondary N) is 2. The number of aromatic nitrogens is 4. The van der Waals surface area contributed by atoms with Crippen LogP contribution in [0.1, 0.15) is 29.0 Å². The molecule has 1 aliphatic heterocycles. The van der Waals surface area contributed by atoms with Gasteiger partial charge in [-0.05, 0) is 12.5 Å². The maximum absolute atomic E-state index is 12.6. The number of alkyl halides is 2. The molecule has 0 aromatic carbocycles. The van der Waals surface area contributed by atoms with Crippen molar-refractivity contribution in [1.29, 1.82) is 0 Å². The van der Waals surface area contributed by atoms with Gasteiger partial charge in [-0.3, -0.25) is 9.48 Å². The van der Waals surface area contributed by atoms with Crippen molar-refractivity contribution in [3.63, 3.8) is 0 Å². The summed E-state index contributed by atoms with van der Waals surface area (Å²) in [5, 5.41) is 13.6. The van der Waals surface area contributed by atoms with E-state index >= 15 is 0 Å². The summed E-state index contributed by atoms with van der Waals surface area (Å²) >= 11 is 0. The number of carbonyl (C=O) groups excluding carboxylic acids is 1. The molecule has 0 bridgehead atoms. The molecule has 0 radical (unpaired) electrons. The van der Waals surface area contributed by atoms with Gasteiger partial charge in [0.05, 0.1) is 6.20 Å². The molecule has 0 unspecified atom stereocenters. The van der Waals surface area contributed by atoms with Gasteiger partial charge in [0.15, 0.2) is 0 Å². The summed E-state index contributed by atoms with van der Waals surface area (Å²) in [4.78, 5) is 12.2. The third-order valence-corrected chi connectivity index (χ3v) is 3.28.